The number of pyridine rings is 1. The van der Waals surface area contributed by atoms with Crippen LogP contribution in [0.25, 0.3) is 0 Å². The maximum Gasteiger partial charge on any atom is 0.337 e. The summed E-state index contributed by atoms with van der Waals surface area (Å²) in [6.45, 7) is 6.22. The highest BCUT2D eigenvalue weighted by Crippen LogP contribution is 2.47. The van der Waals surface area contributed by atoms with Gasteiger partial charge in [0.25, 0.3) is 5.91 Å². The van der Waals surface area contributed by atoms with Crippen molar-refractivity contribution in [1.29, 1.82) is 0 Å². The molecule has 4 rings (SSSR count). The van der Waals surface area contributed by atoms with E-state index in [-0.39, 0.29) is 30.7 Å². The second-order valence-electron chi connectivity index (χ2n) is 10.4. The van der Waals surface area contributed by atoms with E-state index < -0.39 is 36.1 Å². The molecule has 1 unspecified atom stereocenters. The summed E-state index contributed by atoms with van der Waals surface area (Å²) in [4.78, 5) is 39.8. The molecule has 14 heteroatoms. The van der Waals surface area contributed by atoms with E-state index >= 15 is 0 Å². The van der Waals surface area contributed by atoms with Gasteiger partial charge >= 0.3 is 5.97 Å². The zero-order valence-corrected chi connectivity index (χ0v) is 23.3. The Morgan fingerprint density at radius 1 is 1.17 bits per heavy atom. The molecule has 41 heavy (non-hydrogen) atoms. The number of hydrogen-bond acceptors (Lipinski definition) is 11. The third-order valence-electron chi connectivity index (χ3n) is 7.81. The Morgan fingerprint density at radius 2 is 1.83 bits per heavy atom. The first-order chi connectivity index (χ1) is 19.4. The van der Waals surface area contributed by atoms with Gasteiger partial charge in [-0.3, -0.25) is 4.79 Å². The number of hydrogen-bond donors (Lipinski definition) is 5. The fourth-order valence-corrected chi connectivity index (χ4v) is 5.21. The molecule has 2 saturated heterocycles. The second kappa shape index (κ2) is 13.1. The second-order valence-corrected chi connectivity index (χ2v) is 10.4. The van der Waals surface area contributed by atoms with E-state index in [0.717, 1.165) is 5.56 Å². The summed E-state index contributed by atoms with van der Waals surface area (Å²) in [7, 11) is 1.55. The fraction of sp³-hybridized carbons (Fsp3) is 0.519. The monoisotopic (exact) mass is 576 g/mol. The maximum atomic E-state index is 12.6. The molecule has 2 aliphatic rings. The van der Waals surface area contributed by atoms with Crippen molar-refractivity contribution >= 4 is 17.7 Å². The molecule has 2 aliphatic heterocycles. The summed E-state index contributed by atoms with van der Waals surface area (Å²) in [5.74, 6) is -0.0588. The van der Waals surface area contributed by atoms with Gasteiger partial charge in [0.1, 0.15) is 11.9 Å². The van der Waals surface area contributed by atoms with Crippen LogP contribution in [-0.4, -0.2) is 106 Å². The number of carboxylic acids is 1. The van der Waals surface area contributed by atoms with Gasteiger partial charge in [-0.25, -0.2) is 9.78 Å². The predicted molar refractivity (Wildman–Crippen MR) is 145 cm³/mol. The number of aryl methyl sites for hydroxylation is 1. The van der Waals surface area contributed by atoms with E-state index in [0.29, 0.717) is 36.1 Å². The lowest BCUT2D eigenvalue weighted by Gasteiger charge is -2.40. The van der Waals surface area contributed by atoms with E-state index in [2.05, 4.69) is 4.98 Å². The standard InChI is InChI=1S/C27H35N3O8.HNO2/c1-15-19(26(35)36)6-8-24(28-15)29-10-18(11-29)38-23-9-17(5-7-22(23)37-4)20-12-30(25(34)21(33)13-31)14-27(20,3)16(2)32;2-1-3/h5-9,16,18,20-21,31-33H,10-14H2,1-4H3,(H,35,36);(H,2,3)/t16-,20+,21?,27+;/m1./s1. The number of carbonyl (C=O) groups excluding carboxylic acids is 1. The lowest BCUT2D eigenvalue weighted by Crippen LogP contribution is -2.54. The van der Waals surface area contributed by atoms with Crippen LogP contribution in [0, 0.1) is 17.2 Å². The zero-order chi connectivity index (χ0) is 30.5. The summed E-state index contributed by atoms with van der Waals surface area (Å²) in [6.07, 6.45) is -2.39. The molecule has 0 spiro atoms. The van der Waals surface area contributed by atoms with Crippen LogP contribution in [0.1, 0.15) is 41.4 Å². The van der Waals surface area contributed by atoms with Crippen molar-refractivity contribution in [3.8, 4) is 11.5 Å². The largest absolute Gasteiger partial charge is 0.493 e. The first-order valence-corrected chi connectivity index (χ1v) is 12.9. The Balaban J connectivity index is 0.00000147. The number of methoxy groups -OCH3 is 1. The van der Waals surface area contributed by atoms with Gasteiger partial charge in [-0.2, -0.15) is 0 Å². The van der Waals surface area contributed by atoms with Gasteiger partial charge in [-0.1, -0.05) is 13.0 Å². The van der Waals surface area contributed by atoms with Crippen molar-refractivity contribution in [3.05, 3.63) is 52.1 Å². The fourth-order valence-electron chi connectivity index (χ4n) is 5.21. The Labute approximate surface area is 236 Å². The van der Waals surface area contributed by atoms with Crippen molar-refractivity contribution in [3.63, 3.8) is 0 Å². The van der Waals surface area contributed by atoms with E-state index in [1.165, 1.54) is 10.2 Å². The Morgan fingerprint density at radius 3 is 2.37 bits per heavy atom. The smallest absolute Gasteiger partial charge is 0.337 e. The van der Waals surface area contributed by atoms with Gasteiger partial charge in [0, 0.05) is 24.4 Å². The zero-order valence-electron chi connectivity index (χ0n) is 23.3. The average Bonchev–Trinajstić information content (AvgIpc) is 3.28. The van der Waals surface area contributed by atoms with Crippen molar-refractivity contribution in [2.24, 2.45) is 10.8 Å². The van der Waals surface area contributed by atoms with E-state index in [1.807, 2.05) is 24.0 Å². The highest BCUT2D eigenvalue weighted by Gasteiger charge is 2.49. The number of ether oxygens (including phenoxy) is 2. The van der Waals surface area contributed by atoms with Crippen molar-refractivity contribution in [2.75, 3.05) is 44.8 Å². The number of nitrogens with zero attached hydrogens (tertiary/aromatic N) is 4. The Bertz CT molecular complexity index is 1250. The van der Waals surface area contributed by atoms with Gasteiger partial charge in [-0.05, 0) is 43.7 Å². The molecule has 2 aromatic rings. The number of likely N-dealkylation sites (tertiary alicyclic amines) is 1. The molecule has 0 saturated carbocycles. The van der Waals surface area contributed by atoms with Crippen LogP contribution in [-0.2, 0) is 4.79 Å². The van der Waals surface area contributed by atoms with Gasteiger partial charge < -0.3 is 44.9 Å². The lowest BCUT2D eigenvalue weighted by molar-refractivity contribution is -0.141. The number of aliphatic hydroxyl groups is 3. The Hall–Kier alpha value is -4.01. The summed E-state index contributed by atoms with van der Waals surface area (Å²) in [6, 6.07) is 8.79. The SMILES string of the molecule is COc1ccc([C@@H]2CN(C(=O)C(O)CO)C[C@@]2(C)[C@@H](C)O)cc1OC1CN(c2ccc(C(=O)O)c(C)n2)C1.O=NO. The molecule has 1 amide bonds. The van der Waals surface area contributed by atoms with Gasteiger partial charge in [0.2, 0.25) is 0 Å². The number of rotatable bonds is 9. The topological polar surface area (TPSA) is 203 Å². The molecule has 0 radical (unpaired) electrons. The van der Waals surface area contributed by atoms with Crippen molar-refractivity contribution in [1.82, 2.24) is 9.88 Å². The van der Waals surface area contributed by atoms with Crippen LogP contribution < -0.4 is 14.4 Å². The highest BCUT2D eigenvalue weighted by atomic mass is 16.6. The minimum Gasteiger partial charge on any atom is -0.493 e. The van der Waals surface area contributed by atoms with Gasteiger partial charge in [0.15, 0.2) is 22.9 Å². The molecule has 224 valence electrons. The van der Waals surface area contributed by atoms with Crippen molar-refractivity contribution in [2.45, 2.75) is 45.0 Å². The summed E-state index contributed by atoms with van der Waals surface area (Å²) >= 11 is 0. The number of aromatic carboxylic acids is 1. The molecule has 14 nitrogen and oxygen atoms in total. The molecule has 0 bridgehead atoms. The number of anilines is 1. The van der Waals surface area contributed by atoms with Crippen LogP contribution in [0.3, 0.4) is 0 Å². The van der Waals surface area contributed by atoms with E-state index in [4.69, 9.17) is 19.6 Å². The van der Waals surface area contributed by atoms with Crippen LogP contribution in [0.15, 0.2) is 35.7 Å². The third kappa shape index (κ3) is 6.66. The Kier molecular flexibility index (Phi) is 10.1. The first kappa shape index (κ1) is 31.5. The molecule has 0 aliphatic carbocycles. The molecule has 4 atom stereocenters. The molecule has 1 aromatic heterocycles. The van der Waals surface area contributed by atoms with E-state index in [9.17, 15) is 30.0 Å². The maximum absolute atomic E-state index is 12.6. The predicted octanol–water partition coefficient (Wildman–Crippen LogP) is 1.17. The minimum atomic E-state index is -1.50. The van der Waals surface area contributed by atoms with Crippen LogP contribution >= 0.6 is 0 Å². The summed E-state index contributed by atoms with van der Waals surface area (Å²) in [5.41, 5.74) is 0.794. The molecule has 5 N–H and O–H groups in total. The highest BCUT2D eigenvalue weighted by molar-refractivity contribution is 5.89. The number of carboxylic acid groups (broad SMARTS) is 1. The average molecular weight is 577 g/mol. The number of aromatic nitrogens is 1. The number of aliphatic hydroxyl groups excluding tert-OH is 3. The summed E-state index contributed by atoms with van der Waals surface area (Å²) in [5, 5.41) is 46.9. The third-order valence-corrected chi connectivity index (χ3v) is 7.81. The quantitative estimate of drug-likeness (QED) is 0.211. The molecular weight excluding hydrogens is 540 g/mol. The molecule has 3 heterocycles. The molecule has 2 fully saturated rings. The lowest BCUT2D eigenvalue weighted by atomic mass is 9.72. The normalized spacial score (nSPS) is 21.7. The minimum absolute atomic E-state index is 0.148. The number of carbonyl (C=O) groups is 2. The van der Waals surface area contributed by atoms with E-state index in [1.54, 1.807) is 39.2 Å². The first-order valence-electron chi connectivity index (χ1n) is 12.9. The van der Waals surface area contributed by atoms with Crippen LogP contribution in [0.5, 0.6) is 11.5 Å². The van der Waals surface area contributed by atoms with Crippen LogP contribution in [0.2, 0.25) is 0 Å². The van der Waals surface area contributed by atoms with Gasteiger partial charge in [-0.15, -0.1) is 4.91 Å². The number of amides is 1. The summed E-state index contributed by atoms with van der Waals surface area (Å²) < 4.78 is 11.8. The van der Waals surface area contributed by atoms with Gasteiger partial charge in [0.05, 0.1) is 44.2 Å². The molecular formula is C27H36N4O10. The number of benzene rings is 1. The molecule has 1 aromatic carbocycles. The van der Waals surface area contributed by atoms with Crippen molar-refractivity contribution < 1.29 is 44.7 Å². The van der Waals surface area contributed by atoms with Crippen LogP contribution in [0.4, 0.5) is 5.82 Å².